The zero-order valence-electron chi connectivity index (χ0n) is 10.2. The lowest BCUT2D eigenvalue weighted by Gasteiger charge is -2.39. The molecule has 1 amide bonds. The van der Waals surface area contributed by atoms with E-state index in [1.807, 2.05) is 6.92 Å². The molecule has 2 rings (SSSR count). The van der Waals surface area contributed by atoms with Crippen molar-refractivity contribution >= 4 is 19.2 Å². The molecule has 1 fully saturated rings. The highest BCUT2D eigenvalue weighted by molar-refractivity contribution is 6.90. The van der Waals surface area contributed by atoms with E-state index in [0.717, 1.165) is 6.04 Å². The predicted molar refractivity (Wildman–Crippen MR) is 69.5 cm³/mol. The van der Waals surface area contributed by atoms with Gasteiger partial charge in [-0.3, -0.25) is 4.79 Å². The molecule has 1 aliphatic rings. The molecule has 3 heteroatoms. The summed E-state index contributed by atoms with van der Waals surface area (Å²) in [5.41, 5.74) is 0. The van der Waals surface area contributed by atoms with Crippen LogP contribution in [0.4, 0.5) is 0 Å². The fourth-order valence-corrected chi connectivity index (χ4v) is 5.20. The maximum Gasteiger partial charge on any atom is 0.225 e. The molecule has 86 valence electrons. The molecule has 0 aliphatic carbocycles. The Morgan fingerprint density at radius 3 is 2.38 bits per heavy atom. The summed E-state index contributed by atoms with van der Waals surface area (Å²) in [7, 11) is -1.40. The van der Waals surface area contributed by atoms with Crippen LogP contribution in [0.3, 0.4) is 0 Å². The molecular weight excluding hydrogens is 214 g/mol. The first-order chi connectivity index (χ1) is 7.50. The van der Waals surface area contributed by atoms with Crippen molar-refractivity contribution in [2.45, 2.75) is 32.1 Å². The fraction of sp³-hybridized carbons (Fsp3) is 0.462. The van der Waals surface area contributed by atoms with Gasteiger partial charge < -0.3 is 5.32 Å². The average molecular weight is 233 g/mol. The van der Waals surface area contributed by atoms with E-state index in [2.05, 4.69) is 48.7 Å². The van der Waals surface area contributed by atoms with Crippen molar-refractivity contribution in [1.29, 1.82) is 0 Å². The average Bonchev–Trinajstić information content (AvgIpc) is 2.29. The van der Waals surface area contributed by atoms with Gasteiger partial charge in [0.1, 0.15) is 0 Å². The van der Waals surface area contributed by atoms with Gasteiger partial charge in [0.25, 0.3) is 0 Å². The SMILES string of the molecule is C[C@H]1C(=O)N[C@@H]1C[Si](C)(C)c1ccccc1. The monoisotopic (exact) mass is 233 g/mol. The highest BCUT2D eigenvalue weighted by Gasteiger charge is 2.39. The van der Waals surface area contributed by atoms with E-state index in [1.165, 1.54) is 5.19 Å². The van der Waals surface area contributed by atoms with Gasteiger partial charge >= 0.3 is 0 Å². The first-order valence-electron chi connectivity index (χ1n) is 5.86. The number of carbonyl (C=O) groups is 1. The van der Waals surface area contributed by atoms with Crippen molar-refractivity contribution in [3.05, 3.63) is 30.3 Å². The zero-order valence-corrected chi connectivity index (χ0v) is 11.2. The minimum atomic E-state index is -1.40. The third-order valence-electron chi connectivity index (χ3n) is 3.63. The molecule has 16 heavy (non-hydrogen) atoms. The second-order valence-corrected chi connectivity index (χ2v) is 10.1. The summed E-state index contributed by atoms with van der Waals surface area (Å²) in [6.45, 7) is 6.78. The number of hydrogen-bond acceptors (Lipinski definition) is 1. The first kappa shape index (κ1) is 11.4. The molecule has 2 atom stereocenters. The van der Waals surface area contributed by atoms with Crippen molar-refractivity contribution in [3.63, 3.8) is 0 Å². The van der Waals surface area contributed by atoms with Crippen molar-refractivity contribution < 1.29 is 4.79 Å². The summed E-state index contributed by atoms with van der Waals surface area (Å²) in [6.07, 6.45) is 0. The Morgan fingerprint density at radius 1 is 1.25 bits per heavy atom. The summed E-state index contributed by atoms with van der Waals surface area (Å²) < 4.78 is 0. The second-order valence-electron chi connectivity index (χ2n) is 5.36. The van der Waals surface area contributed by atoms with Gasteiger partial charge in [-0.15, -0.1) is 0 Å². The molecule has 0 spiro atoms. The topological polar surface area (TPSA) is 29.1 Å². The van der Waals surface area contributed by atoms with Crippen LogP contribution in [0.15, 0.2) is 30.3 Å². The maximum atomic E-state index is 11.2. The number of amides is 1. The van der Waals surface area contributed by atoms with Crippen LogP contribution in [0.2, 0.25) is 19.1 Å². The van der Waals surface area contributed by atoms with Crippen molar-refractivity contribution in [3.8, 4) is 0 Å². The molecule has 1 aliphatic heterocycles. The predicted octanol–water partition coefficient (Wildman–Crippen LogP) is 1.74. The van der Waals surface area contributed by atoms with Crippen LogP contribution in [-0.4, -0.2) is 20.0 Å². The smallest absolute Gasteiger partial charge is 0.225 e. The van der Waals surface area contributed by atoms with E-state index >= 15 is 0 Å². The van der Waals surface area contributed by atoms with Gasteiger partial charge in [-0.05, 0) is 6.04 Å². The van der Waals surface area contributed by atoms with Gasteiger partial charge in [0.05, 0.1) is 14.0 Å². The van der Waals surface area contributed by atoms with E-state index in [9.17, 15) is 4.79 Å². The van der Waals surface area contributed by atoms with Crippen LogP contribution in [0, 0.1) is 5.92 Å². The van der Waals surface area contributed by atoms with E-state index in [1.54, 1.807) is 0 Å². The summed E-state index contributed by atoms with van der Waals surface area (Å²) in [5.74, 6) is 0.415. The molecule has 1 aromatic carbocycles. The Kier molecular flexibility index (Phi) is 2.89. The van der Waals surface area contributed by atoms with E-state index < -0.39 is 8.07 Å². The standard InChI is InChI=1S/C13H19NOSi/c1-10-12(14-13(10)15)9-16(2,3)11-7-5-4-6-8-11/h4-8,10,12H,9H2,1-3H3,(H,14,15)/t10-,12-/m1/s1. The molecule has 1 N–H and O–H groups in total. The van der Waals surface area contributed by atoms with Gasteiger partial charge in [0.2, 0.25) is 5.91 Å². The van der Waals surface area contributed by atoms with Crippen LogP contribution in [0.5, 0.6) is 0 Å². The van der Waals surface area contributed by atoms with Crippen LogP contribution in [-0.2, 0) is 4.79 Å². The van der Waals surface area contributed by atoms with Gasteiger partial charge in [-0.1, -0.05) is 55.5 Å². The number of β-lactam (4-membered cyclic amide) rings is 1. The maximum absolute atomic E-state index is 11.2. The Hall–Kier alpha value is -1.09. The number of carbonyl (C=O) groups excluding carboxylic acids is 1. The molecule has 0 aromatic heterocycles. The van der Waals surface area contributed by atoms with E-state index in [0.29, 0.717) is 6.04 Å². The molecule has 1 saturated heterocycles. The summed E-state index contributed by atoms with van der Waals surface area (Å²) >= 11 is 0. The molecule has 0 unspecified atom stereocenters. The summed E-state index contributed by atoms with van der Waals surface area (Å²) in [4.78, 5) is 11.2. The normalized spacial score (nSPS) is 24.8. The Bertz CT molecular complexity index is 388. The third-order valence-corrected chi connectivity index (χ3v) is 6.99. The summed E-state index contributed by atoms with van der Waals surface area (Å²) in [5, 5.41) is 4.49. The Balaban J connectivity index is 2.06. The summed E-state index contributed by atoms with van der Waals surface area (Å²) in [6, 6.07) is 12.2. The fourth-order valence-electron chi connectivity index (χ4n) is 2.31. The van der Waals surface area contributed by atoms with Crippen molar-refractivity contribution in [2.24, 2.45) is 5.92 Å². The molecular formula is C13H19NOSi. The lowest BCUT2D eigenvalue weighted by atomic mass is 9.94. The van der Waals surface area contributed by atoms with E-state index in [4.69, 9.17) is 0 Å². The van der Waals surface area contributed by atoms with Gasteiger partial charge in [-0.2, -0.15) is 0 Å². The minimum absolute atomic E-state index is 0.204. The third kappa shape index (κ3) is 2.05. The highest BCUT2D eigenvalue weighted by Crippen LogP contribution is 2.23. The quantitative estimate of drug-likeness (QED) is 0.625. The van der Waals surface area contributed by atoms with Crippen LogP contribution < -0.4 is 10.5 Å². The van der Waals surface area contributed by atoms with E-state index in [-0.39, 0.29) is 11.8 Å². The Morgan fingerprint density at radius 2 is 1.88 bits per heavy atom. The van der Waals surface area contributed by atoms with Crippen LogP contribution >= 0.6 is 0 Å². The Labute approximate surface area is 98.1 Å². The number of nitrogens with one attached hydrogen (secondary N) is 1. The molecule has 0 radical (unpaired) electrons. The molecule has 1 aromatic rings. The molecule has 2 nitrogen and oxygen atoms in total. The van der Waals surface area contributed by atoms with Crippen LogP contribution in [0.25, 0.3) is 0 Å². The molecule has 0 bridgehead atoms. The van der Waals surface area contributed by atoms with Gasteiger partial charge in [0.15, 0.2) is 0 Å². The zero-order chi connectivity index (χ0) is 11.8. The molecule has 1 heterocycles. The van der Waals surface area contributed by atoms with Gasteiger partial charge in [0, 0.05) is 6.04 Å². The first-order valence-corrected chi connectivity index (χ1v) is 9.07. The van der Waals surface area contributed by atoms with Crippen LogP contribution in [0.1, 0.15) is 6.92 Å². The number of rotatable bonds is 3. The number of benzene rings is 1. The van der Waals surface area contributed by atoms with Crippen molar-refractivity contribution in [2.75, 3.05) is 0 Å². The minimum Gasteiger partial charge on any atom is -0.353 e. The lowest BCUT2D eigenvalue weighted by Crippen LogP contribution is -2.60. The molecule has 0 saturated carbocycles. The number of hydrogen-bond donors (Lipinski definition) is 1. The van der Waals surface area contributed by atoms with Crippen molar-refractivity contribution in [1.82, 2.24) is 5.32 Å². The largest absolute Gasteiger partial charge is 0.353 e. The lowest BCUT2D eigenvalue weighted by molar-refractivity contribution is -0.133. The van der Waals surface area contributed by atoms with Gasteiger partial charge in [-0.25, -0.2) is 0 Å². The second kappa shape index (κ2) is 4.05. The highest BCUT2D eigenvalue weighted by atomic mass is 28.3.